The van der Waals surface area contributed by atoms with Crippen molar-refractivity contribution in [2.24, 2.45) is 0 Å². The fraction of sp³-hybridized carbons (Fsp3) is 0.625. The van der Waals surface area contributed by atoms with Gasteiger partial charge in [0.25, 0.3) is 0 Å². The number of benzene rings is 1. The van der Waals surface area contributed by atoms with Crippen molar-refractivity contribution in [1.29, 1.82) is 0 Å². The van der Waals surface area contributed by atoms with Crippen molar-refractivity contribution < 1.29 is 4.74 Å². The van der Waals surface area contributed by atoms with E-state index in [2.05, 4.69) is 35.5 Å². The minimum absolute atomic E-state index is 0.723. The highest BCUT2D eigenvalue weighted by Gasteiger charge is 2.18. The summed E-state index contributed by atoms with van der Waals surface area (Å²) in [5.41, 5.74) is 2.84. The Kier molecular flexibility index (Phi) is 4.04. The van der Waals surface area contributed by atoms with E-state index in [-0.39, 0.29) is 0 Å². The first-order chi connectivity index (χ1) is 9.33. The van der Waals surface area contributed by atoms with Gasteiger partial charge in [-0.15, -0.1) is 0 Å². The second-order valence-electron chi connectivity index (χ2n) is 5.77. The minimum Gasteiger partial charge on any atom is -0.493 e. The van der Waals surface area contributed by atoms with Crippen LogP contribution in [0.15, 0.2) is 18.2 Å². The van der Waals surface area contributed by atoms with Crippen molar-refractivity contribution in [1.82, 2.24) is 10.2 Å². The van der Waals surface area contributed by atoms with E-state index < -0.39 is 0 Å². The molecule has 3 nitrogen and oxygen atoms in total. The van der Waals surface area contributed by atoms with Crippen molar-refractivity contribution >= 4 is 0 Å². The fourth-order valence-electron chi connectivity index (χ4n) is 3.07. The Morgan fingerprint density at radius 3 is 3.21 bits per heavy atom. The van der Waals surface area contributed by atoms with Crippen LogP contribution in [0.3, 0.4) is 0 Å². The van der Waals surface area contributed by atoms with Gasteiger partial charge in [0.15, 0.2) is 0 Å². The lowest BCUT2D eigenvalue weighted by molar-refractivity contribution is 0.260. The van der Waals surface area contributed by atoms with E-state index in [4.69, 9.17) is 4.74 Å². The molecule has 1 aromatic carbocycles. The quantitative estimate of drug-likeness (QED) is 0.894. The van der Waals surface area contributed by atoms with Gasteiger partial charge in [-0.1, -0.05) is 12.1 Å². The van der Waals surface area contributed by atoms with Gasteiger partial charge in [-0.25, -0.2) is 0 Å². The van der Waals surface area contributed by atoms with Crippen LogP contribution in [-0.4, -0.2) is 44.2 Å². The number of likely N-dealkylation sites (N-methyl/N-ethyl adjacent to an activating group) is 1. The second-order valence-corrected chi connectivity index (χ2v) is 5.77. The van der Waals surface area contributed by atoms with Crippen LogP contribution in [0.25, 0.3) is 0 Å². The maximum atomic E-state index is 5.67. The predicted molar refractivity (Wildman–Crippen MR) is 77.9 cm³/mol. The molecule has 3 heteroatoms. The Bertz CT molecular complexity index is 427. The molecule has 0 bridgehead atoms. The van der Waals surface area contributed by atoms with Crippen LogP contribution >= 0.6 is 0 Å². The van der Waals surface area contributed by atoms with E-state index in [0.717, 1.165) is 44.3 Å². The van der Waals surface area contributed by atoms with Crippen LogP contribution < -0.4 is 10.1 Å². The normalized spacial score (nSPS) is 22.3. The largest absolute Gasteiger partial charge is 0.493 e. The predicted octanol–water partition coefficient (Wildman–Crippen LogP) is 1.85. The molecule has 2 aliphatic heterocycles. The maximum absolute atomic E-state index is 5.67. The summed E-state index contributed by atoms with van der Waals surface area (Å²) in [5, 5.41) is 3.43. The third kappa shape index (κ3) is 3.10. The van der Waals surface area contributed by atoms with E-state index in [1.807, 2.05) is 0 Å². The summed E-state index contributed by atoms with van der Waals surface area (Å²) < 4.78 is 5.67. The van der Waals surface area contributed by atoms with Gasteiger partial charge in [0.2, 0.25) is 0 Å². The number of rotatable bonds is 4. The molecule has 3 rings (SSSR count). The molecule has 1 N–H and O–H groups in total. The lowest BCUT2D eigenvalue weighted by Crippen LogP contribution is -2.34. The number of hydrogen-bond acceptors (Lipinski definition) is 3. The van der Waals surface area contributed by atoms with E-state index in [0.29, 0.717) is 0 Å². The van der Waals surface area contributed by atoms with Crippen molar-refractivity contribution in [2.45, 2.75) is 31.7 Å². The fourth-order valence-corrected chi connectivity index (χ4v) is 3.07. The average Bonchev–Trinajstić information content (AvgIpc) is 2.99. The van der Waals surface area contributed by atoms with Gasteiger partial charge in [0.1, 0.15) is 5.75 Å². The van der Waals surface area contributed by atoms with Crippen LogP contribution in [0.4, 0.5) is 0 Å². The molecular formula is C16H24N2O. The van der Waals surface area contributed by atoms with Crippen molar-refractivity contribution in [2.75, 3.05) is 33.3 Å². The average molecular weight is 260 g/mol. The highest BCUT2D eigenvalue weighted by atomic mass is 16.5. The van der Waals surface area contributed by atoms with Crippen LogP contribution in [0.5, 0.6) is 5.75 Å². The van der Waals surface area contributed by atoms with Crippen molar-refractivity contribution in [3.63, 3.8) is 0 Å². The van der Waals surface area contributed by atoms with Gasteiger partial charge in [0, 0.05) is 19.1 Å². The topological polar surface area (TPSA) is 24.5 Å². The van der Waals surface area contributed by atoms with Crippen LogP contribution in [0, 0.1) is 0 Å². The van der Waals surface area contributed by atoms with Gasteiger partial charge in [-0.2, -0.15) is 0 Å². The lowest BCUT2D eigenvalue weighted by Gasteiger charge is -2.24. The molecule has 1 fully saturated rings. The molecule has 0 aliphatic carbocycles. The first-order valence-electron chi connectivity index (χ1n) is 7.48. The molecule has 2 aliphatic rings. The number of ether oxygens (including phenoxy) is 1. The molecule has 0 aromatic heterocycles. The molecule has 104 valence electrons. The third-order valence-corrected chi connectivity index (χ3v) is 4.38. The Morgan fingerprint density at radius 2 is 2.37 bits per heavy atom. The molecule has 0 amide bonds. The van der Waals surface area contributed by atoms with Gasteiger partial charge < -0.3 is 15.0 Å². The minimum atomic E-state index is 0.723. The molecule has 1 atom stereocenters. The summed E-state index contributed by atoms with van der Waals surface area (Å²) in [7, 11) is 2.25. The van der Waals surface area contributed by atoms with Crippen LogP contribution in [0.1, 0.15) is 24.0 Å². The number of fused-ring (bicyclic) bond motifs is 1. The molecular weight excluding hydrogens is 236 g/mol. The summed E-state index contributed by atoms with van der Waals surface area (Å²) in [4.78, 5) is 2.50. The zero-order valence-electron chi connectivity index (χ0n) is 11.8. The first-order valence-corrected chi connectivity index (χ1v) is 7.48. The number of nitrogens with one attached hydrogen (secondary N) is 1. The molecule has 0 radical (unpaired) electrons. The Morgan fingerprint density at radius 1 is 1.42 bits per heavy atom. The highest BCUT2D eigenvalue weighted by Crippen LogP contribution is 2.25. The molecule has 2 heterocycles. The van der Waals surface area contributed by atoms with E-state index >= 15 is 0 Å². The molecule has 1 saturated heterocycles. The monoisotopic (exact) mass is 260 g/mol. The second kappa shape index (κ2) is 5.93. The zero-order chi connectivity index (χ0) is 13.1. The molecule has 19 heavy (non-hydrogen) atoms. The zero-order valence-corrected chi connectivity index (χ0v) is 11.8. The summed E-state index contributed by atoms with van der Waals surface area (Å²) in [6, 6.07) is 7.45. The first kappa shape index (κ1) is 12.9. The molecule has 0 spiro atoms. The molecule has 1 aromatic rings. The highest BCUT2D eigenvalue weighted by molar-refractivity contribution is 5.38. The Hall–Kier alpha value is -1.06. The summed E-state index contributed by atoms with van der Waals surface area (Å²) >= 11 is 0. The van der Waals surface area contributed by atoms with Gasteiger partial charge in [-0.05, 0) is 56.5 Å². The summed E-state index contributed by atoms with van der Waals surface area (Å²) in [6.45, 7) is 4.34. The molecule has 0 saturated carbocycles. The van der Waals surface area contributed by atoms with Gasteiger partial charge in [0.05, 0.1) is 6.61 Å². The number of nitrogens with zero attached hydrogens (tertiary/aromatic N) is 1. The Labute approximate surface area is 115 Å². The lowest BCUT2D eigenvalue weighted by atomic mass is 10.0. The third-order valence-electron chi connectivity index (χ3n) is 4.38. The maximum Gasteiger partial charge on any atom is 0.122 e. The van der Waals surface area contributed by atoms with Crippen molar-refractivity contribution in [3.05, 3.63) is 29.3 Å². The number of hydrogen-bond donors (Lipinski definition) is 1. The smallest absolute Gasteiger partial charge is 0.122 e. The SMILES string of the molecule is CN(CCc1ccc2c(c1)CCCO2)C1CCNC1. The molecule has 1 unspecified atom stereocenters. The van der Waals surface area contributed by atoms with Gasteiger partial charge in [-0.3, -0.25) is 0 Å². The summed E-state index contributed by atoms with van der Waals surface area (Å²) in [6.07, 6.45) is 4.75. The van der Waals surface area contributed by atoms with Crippen molar-refractivity contribution in [3.8, 4) is 5.75 Å². The van der Waals surface area contributed by atoms with Crippen LogP contribution in [0.2, 0.25) is 0 Å². The standard InChI is InChI=1S/C16H24N2O/c1-18(15-6-8-17-12-15)9-7-13-4-5-16-14(11-13)3-2-10-19-16/h4-5,11,15,17H,2-3,6-10,12H2,1H3. The van der Waals surface area contributed by atoms with E-state index in [9.17, 15) is 0 Å². The number of aryl methyl sites for hydroxylation is 1. The van der Waals surface area contributed by atoms with E-state index in [1.165, 1.54) is 30.5 Å². The summed E-state index contributed by atoms with van der Waals surface area (Å²) in [5.74, 6) is 1.10. The van der Waals surface area contributed by atoms with Crippen LogP contribution in [-0.2, 0) is 12.8 Å². The van der Waals surface area contributed by atoms with Gasteiger partial charge >= 0.3 is 0 Å². The Balaban J connectivity index is 1.57. The van der Waals surface area contributed by atoms with E-state index in [1.54, 1.807) is 0 Å².